The summed E-state index contributed by atoms with van der Waals surface area (Å²) in [6.45, 7) is 2.10. The number of H-pyrrole nitrogens is 1. The van der Waals surface area contributed by atoms with Crippen molar-refractivity contribution < 1.29 is 24.4 Å². The van der Waals surface area contributed by atoms with E-state index < -0.39 is 31.4 Å². The van der Waals surface area contributed by atoms with Crippen molar-refractivity contribution in [1.29, 1.82) is 0 Å². The monoisotopic (exact) mass is 360 g/mol. The minimum Gasteiger partial charge on any atom is -0.479 e. The molecule has 0 amide bonds. The third kappa shape index (κ3) is 4.51. The number of carboxylic acid groups (broad SMARTS) is 1. The van der Waals surface area contributed by atoms with E-state index in [0.29, 0.717) is 12.1 Å². The molecule has 4 N–H and O–H groups in total. The number of aliphatic carboxylic acids is 1. The molecule has 0 saturated heterocycles. The second-order valence-corrected chi connectivity index (χ2v) is 7.13. The lowest BCUT2D eigenvalue weighted by Crippen LogP contribution is -2.34. The number of carbonyl (C=O) groups is 1. The molecule has 1 aliphatic carbocycles. The van der Waals surface area contributed by atoms with E-state index in [1.165, 1.54) is 10.8 Å². The van der Waals surface area contributed by atoms with Gasteiger partial charge in [0.15, 0.2) is 0 Å². The van der Waals surface area contributed by atoms with E-state index in [1.54, 1.807) is 6.92 Å². The van der Waals surface area contributed by atoms with E-state index in [2.05, 4.69) is 4.98 Å². The minimum atomic E-state index is -2.72. The topological polar surface area (TPSA) is 142 Å². The summed E-state index contributed by atoms with van der Waals surface area (Å²) in [7, 11) is -2.72. The second-order valence-electron chi connectivity index (χ2n) is 6.02. The molecule has 0 spiro atoms. The van der Waals surface area contributed by atoms with Crippen molar-refractivity contribution in [2.75, 3.05) is 6.61 Å². The van der Waals surface area contributed by atoms with Crippen LogP contribution in [0.1, 0.15) is 24.8 Å². The van der Waals surface area contributed by atoms with Gasteiger partial charge in [0.2, 0.25) is 14.2 Å². The zero-order valence-electron chi connectivity index (χ0n) is 13.2. The van der Waals surface area contributed by atoms with Crippen molar-refractivity contribution in [2.24, 2.45) is 11.8 Å². The van der Waals surface area contributed by atoms with Crippen LogP contribution < -0.4 is 11.2 Å². The van der Waals surface area contributed by atoms with Crippen LogP contribution in [0.4, 0.5) is 0 Å². The minimum absolute atomic E-state index is 0.0148. The summed E-state index contributed by atoms with van der Waals surface area (Å²) < 4.78 is 6.62. The lowest BCUT2D eigenvalue weighted by atomic mass is 9.97. The van der Waals surface area contributed by atoms with Gasteiger partial charge in [0.1, 0.15) is 0 Å². The van der Waals surface area contributed by atoms with Gasteiger partial charge in [-0.2, -0.15) is 0 Å². The van der Waals surface area contributed by atoms with Gasteiger partial charge in [-0.05, 0) is 31.6 Å². The van der Waals surface area contributed by atoms with Crippen LogP contribution in [0.15, 0.2) is 15.8 Å². The highest BCUT2D eigenvalue weighted by atomic mass is 31.2. The lowest BCUT2D eigenvalue weighted by molar-refractivity contribution is -0.146. The molecule has 24 heavy (non-hydrogen) atoms. The fourth-order valence-electron chi connectivity index (χ4n) is 3.03. The fourth-order valence-corrected chi connectivity index (χ4v) is 3.45. The highest BCUT2D eigenvalue weighted by Gasteiger charge is 2.32. The summed E-state index contributed by atoms with van der Waals surface area (Å²) in [6, 6.07) is 0. The van der Waals surface area contributed by atoms with E-state index in [-0.39, 0.29) is 18.4 Å². The highest BCUT2D eigenvalue weighted by Crippen LogP contribution is 2.36. The number of nitrogens with zero attached hydrogens (tertiary/aromatic N) is 1. The second kappa shape index (κ2) is 8.02. The Balaban J connectivity index is 2.03. The molecule has 1 fully saturated rings. The molecule has 10 heteroatoms. The van der Waals surface area contributed by atoms with Crippen LogP contribution in [-0.2, 0) is 16.1 Å². The number of aromatic nitrogens is 2. The highest BCUT2D eigenvalue weighted by molar-refractivity contribution is 7.46. The van der Waals surface area contributed by atoms with Gasteiger partial charge in [-0.15, -0.1) is 0 Å². The number of hydrogen-bond acceptors (Lipinski definition) is 6. The van der Waals surface area contributed by atoms with Gasteiger partial charge in [0, 0.05) is 18.3 Å². The van der Waals surface area contributed by atoms with Crippen LogP contribution in [0, 0.1) is 18.8 Å². The Morgan fingerprint density at radius 2 is 2.08 bits per heavy atom. The summed E-state index contributed by atoms with van der Waals surface area (Å²) in [5, 5.41) is 8.90. The first-order valence-electron chi connectivity index (χ1n) is 7.61. The van der Waals surface area contributed by atoms with Crippen molar-refractivity contribution in [3.05, 3.63) is 32.6 Å². The molecular weight excluding hydrogens is 339 g/mol. The molecule has 1 aromatic rings. The molecule has 1 saturated carbocycles. The van der Waals surface area contributed by atoms with Gasteiger partial charge in [-0.3, -0.25) is 9.78 Å². The number of rotatable bonds is 7. The average molecular weight is 360 g/mol. The van der Waals surface area contributed by atoms with Crippen LogP contribution >= 0.6 is 8.38 Å². The maximum Gasteiger partial charge on any atom is 0.342 e. The van der Waals surface area contributed by atoms with E-state index >= 15 is 0 Å². The third-order valence-corrected chi connectivity index (χ3v) is 5.12. The molecule has 1 aromatic heterocycles. The Labute approximate surface area is 138 Å². The van der Waals surface area contributed by atoms with Crippen molar-refractivity contribution in [1.82, 2.24) is 9.55 Å². The molecule has 0 radical (unpaired) electrons. The van der Waals surface area contributed by atoms with Crippen LogP contribution in [0.2, 0.25) is 0 Å². The SMILES string of the molecule is Cc1cn(CC2CCCC2COC(C(=O)O)P(O)O)c(=O)[nH]c1=O. The molecule has 0 aliphatic heterocycles. The molecule has 3 atom stereocenters. The largest absolute Gasteiger partial charge is 0.479 e. The van der Waals surface area contributed by atoms with E-state index in [4.69, 9.17) is 19.6 Å². The Hall–Kier alpha value is -1.54. The Bertz CT molecular complexity index is 699. The first-order chi connectivity index (χ1) is 11.3. The molecule has 9 nitrogen and oxygen atoms in total. The van der Waals surface area contributed by atoms with Gasteiger partial charge >= 0.3 is 11.7 Å². The van der Waals surface area contributed by atoms with Gasteiger partial charge in [0.05, 0.1) is 6.61 Å². The van der Waals surface area contributed by atoms with Crippen molar-refractivity contribution in [3.63, 3.8) is 0 Å². The van der Waals surface area contributed by atoms with Gasteiger partial charge in [-0.25, -0.2) is 9.59 Å². The average Bonchev–Trinajstić information content (AvgIpc) is 2.91. The molecule has 2 rings (SSSR count). The smallest absolute Gasteiger partial charge is 0.342 e. The predicted molar refractivity (Wildman–Crippen MR) is 85.6 cm³/mol. The van der Waals surface area contributed by atoms with Gasteiger partial charge in [-0.1, -0.05) is 6.42 Å². The number of nitrogens with one attached hydrogen (secondary N) is 1. The normalized spacial score (nSPS) is 22.0. The molecule has 1 heterocycles. The zero-order valence-corrected chi connectivity index (χ0v) is 14.1. The quantitative estimate of drug-likeness (QED) is 0.501. The molecule has 0 bridgehead atoms. The van der Waals surface area contributed by atoms with Crippen molar-refractivity contribution in [2.45, 2.75) is 38.6 Å². The standard InChI is InChI=1S/C14H21N2O7P/c1-8-5-16(14(20)15-11(8)17)6-9-3-2-4-10(9)7-23-13(12(18)19)24(21)22/h5,9-10,13,21-22H,2-4,6-7H2,1H3,(H,18,19)(H,15,17,20). The molecule has 1 aliphatic rings. The Morgan fingerprint density at radius 1 is 1.42 bits per heavy atom. The maximum atomic E-state index is 11.9. The summed E-state index contributed by atoms with van der Waals surface area (Å²) in [4.78, 5) is 54.6. The molecular formula is C14H21N2O7P. The predicted octanol–water partition coefficient (Wildman–Crippen LogP) is -0.0149. The lowest BCUT2D eigenvalue weighted by Gasteiger charge is -2.22. The Kier molecular flexibility index (Phi) is 6.28. The van der Waals surface area contributed by atoms with Crippen LogP contribution in [0.3, 0.4) is 0 Å². The Morgan fingerprint density at radius 3 is 2.71 bits per heavy atom. The van der Waals surface area contributed by atoms with E-state index in [9.17, 15) is 14.4 Å². The summed E-state index contributed by atoms with van der Waals surface area (Å²) in [6.07, 6.45) is 4.09. The van der Waals surface area contributed by atoms with Crippen LogP contribution in [-0.4, -0.2) is 42.9 Å². The van der Waals surface area contributed by atoms with Crippen LogP contribution in [0.25, 0.3) is 0 Å². The van der Waals surface area contributed by atoms with Gasteiger partial charge < -0.3 is 24.2 Å². The maximum absolute atomic E-state index is 11.9. The zero-order chi connectivity index (χ0) is 17.9. The number of aryl methyl sites for hydroxylation is 1. The molecule has 0 aromatic carbocycles. The number of hydrogen-bond donors (Lipinski definition) is 4. The number of carboxylic acids is 1. The summed E-state index contributed by atoms with van der Waals surface area (Å²) >= 11 is 0. The van der Waals surface area contributed by atoms with Crippen molar-refractivity contribution in [3.8, 4) is 0 Å². The third-order valence-electron chi connectivity index (χ3n) is 4.33. The molecule has 3 unspecified atom stereocenters. The number of aromatic amines is 1. The van der Waals surface area contributed by atoms with Gasteiger partial charge in [0.25, 0.3) is 5.56 Å². The van der Waals surface area contributed by atoms with E-state index in [1.807, 2.05) is 0 Å². The summed E-state index contributed by atoms with van der Waals surface area (Å²) in [5.41, 5.74) is -0.446. The summed E-state index contributed by atoms with van der Waals surface area (Å²) in [5.74, 6) is -2.93. The number of ether oxygens (including phenoxy) is 1. The molecule has 134 valence electrons. The van der Waals surface area contributed by atoms with Crippen LogP contribution in [0.5, 0.6) is 0 Å². The first-order valence-corrected chi connectivity index (χ1v) is 8.93. The fraction of sp³-hybridized carbons (Fsp3) is 0.643. The van der Waals surface area contributed by atoms with Crippen molar-refractivity contribution >= 4 is 14.3 Å². The first kappa shape index (κ1) is 18.8. The van der Waals surface area contributed by atoms with E-state index in [0.717, 1.165) is 19.3 Å².